The molecule has 0 aromatic heterocycles. The molecule has 2 aromatic carbocycles. The van der Waals surface area contributed by atoms with Crippen molar-refractivity contribution in [3.05, 3.63) is 59.2 Å². The summed E-state index contributed by atoms with van der Waals surface area (Å²) in [5, 5.41) is 0. The van der Waals surface area contributed by atoms with Gasteiger partial charge in [0.25, 0.3) is 0 Å². The van der Waals surface area contributed by atoms with Crippen molar-refractivity contribution < 1.29 is 0 Å². The molecule has 2 N–H and O–H groups in total. The Hall–Kier alpha value is -1.74. The standard InChI is InChI=1S/C16H18N2S/c1-11-4-7-14(10-12(11)2)18-16(17)13-5-8-15(19-3)9-6-13/h4-10H,1-3H3,(H2,17,18). The summed E-state index contributed by atoms with van der Waals surface area (Å²) in [7, 11) is 0. The molecule has 0 spiro atoms. The Kier molecular flexibility index (Phi) is 4.27. The number of rotatable bonds is 3. The molecule has 0 saturated carbocycles. The second-order valence-corrected chi connectivity index (χ2v) is 5.37. The molecule has 98 valence electrons. The van der Waals surface area contributed by atoms with Gasteiger partial charge in [0.15, 0.2) is 0 Å². The monoisotopic (exact) mass is 270 g/mol. The van der Waals surface area contributed by atoms with E-state index in [0.717, 1.165) is 11.3 Å². The van der Waals surface area contributed by atoms with Crippen LogP contribution in [-0.4, -0.2) is 12.1 Å². The average molecular weight is 270 g/mol. The van der Waals surface area contributed by atoms with E-state index in [4.69, 9.17) is 5.73 Å². The Morgan fingerprint density at radius 2 is 1.68 bits per heavy atom. The first kappa shape index (κ1) is 13.7. The fourth-order valence-electron chi connectivity index (χ4n) is 1.76. The number of aryl methyl sites for hydroxylation is 2. The zero-order valence-corrected chi connectivity index (χ0v) is 12.3. The van der Waals surface area contributed by atoms with Gasteiger partial charge in [0.05, 0.1) is 5.69 Å². The highest BCUT2D eigenvalue weighted by Crippen LogP contribution is 2.19. The summed E-state index contributed by atoms with van der Waals surface area (Å²) in [6, 6.07) is 14.2. The van der Waals surface area contributed by atoms with Crippen LogP contribution >= 0.6 is 11.8 Å². The molecule has 0 amide bonds. The highest BCUT2D eigenvalue weighted by Gasteiger charge is 2.00. The van der Waals surface area contributed by atoms with Gasteiger partial charge in [-0.25, -0.2) is 4.99 Å². The minimum Gasteiger partial charge on any atom is -0.383 e. The van der Waals surface area contributed by atoms with Gasteiger partial charge in [0.1, 0.15) is 5.84 Å². The highest BCUT2D eigenvalue weighted by atomic mass is 32.2. The van der Waals surface area contributed by atoms with E-state index in [9.17, 15) is 0 Å². The van der Waals surface area contributed by atoms with Crippen LogP contribution in [0.15, 0.2) is 52.4 Å². The molecule has 0 saturated heterocycles. The Morgan fingerprint density at radius 1 is 1.00 bits per heavy atom. The Bertz CT molecular complexity index is 601. The van der Waals surface area contributed by atoms with Gasteiger partial charge >= 0.3 is 0 Å². The quantitative estimate of drug-likeness (QED) is 0.519. The number of hydrogen-bond acceptors (Lipinski definition) is 2. The maximum atomic E-state index is 6.05. The van der Waals surface area contributed by atoms with E-state index in [1.54, 1.807) is 11.8 Å². The van der Waals surface area contributed by atoms with E-state index in [-0.39, 0.29) is 0 Å². The third-order valence-electron chi connectivity index (χ3n) is 3.13. The first-order valence-corrected chi connectivity index (χ1v) is 7.38. The van der Waals surface area contributed by atoms with E-state index in [0.29, 0.717) is 5.84 Å². The van der Waals surface area contributed by atoms with Gasteiger partial charge in [0, 0.05) is 10.5 Å². The Balaban J connectivity index is 2.28. The van der Waals surface area contributed by atoms with Gasteiger partial charge < -0.3 is 5.73 Å². The lowest BCUT2D eigenvalue weighted by Gasteiger charge is -2.04. The predicted octanol–water partition coefficient (Wildman–Crippen LogP) is 4.06. The number of hydrogen-bond donors (Lipinski definition) is 1. The normalized spacial score (nSPS) is 11.6. The molecule has 0 aliphatic rings. The van der Waals surface area contributed by atoms with Crippen LogP contribution in [0, 0.1) is 13.8 Å². The van der Waals surface area contributed by atoms with Crippen LogP contribution in [0.5, 0.6) is 0 Å². The average Bonchev–Trinajstić information content (AvgIpc) is 2.43. The lowest BCUT2D eigenvalue weighted by Crippen LogP contribution is -2.12. The van der Waals surface area contributed by atoms with Crippen LogP contribution in [0.25, 0.3) is 0 Å². The van der Waals surface area contributed by atoms with Crippen molar-refractivity contribution in [2.24, 2.45) is 10.7 Å². The molecule has 0 atom stereocenters. The zero-order chi connectivity index (χ0) is 13.8. The largest absolute Gasteiger partial charge is 0.383 e. The second kappa shape index (κ2) is 5.93. The molecule has 2 aromatic rings. The molecule has 0 bridgehead atoms. The number of amidine groups is 1. The maximum Gasteiger partial charge on any atom is 0.131 e. The molecular weight excluding hydrogens is 252 g/mol. The van der Waals surface area contributed by atoms with Crippen molar-refractivity contribution in [2.45, 2.75) is 18.7 Å². The summed E-state index contributed by atoms with van der Waals surface area (Å²) in [5.41, 5.74) is 10.4. The van der Waals surface area contributed by atoms with Crippen LogP contribution in [0.1, 0.15) is 16.7 Å². The minimum atomic E-state index is 0.552. The van der Waals surface area contributed by atoms with Gasteiger partial charge in [-0.1, -0.05) is 18.2 Å². The fraction of sp³-hybridized carbons (Fsp3) is 0.188. The number of thioether (sulfide) groups is 1. The SMILES string of the molecule is CSc1ccc(C(N)=Nc2ccc(C)c(C)c2)cc1. The van der Waals surface area contributed by atoms with Crippen LogP contribution < -0.4 is 5.73 Å². The Labute approximate surface area is 118 Å². The third kappa shape index (κ3) is 3.38. The lowest BCUT2D eigenvalue weighted by atomic mass is 10.1. The first-order chi connectivity index (χ1) is 9.10. The molecule has 2 nitrogen and oxygen atoms in total. The van der Waals surface area contributed by atoms with Crippen molar-refractivity contribution in [1.82, 2.24) is 0 Å². The van der Waals surface area contributed by atoms with Crippen molar-refractivity contribution in [3.8, 4) is 0 Å². The van der Waals surface area contributed by atoms with E-state index < -0.39 is 0 Å². The molecular formula is C16H18N2S. The summed E-state index contributed by atoms with van der Waals surface area (Å²) in [5.74, 6) is 0.552. The molecule has 0 aliphatic carbocycles. The third-order valence-corrected chi connectivity index (χ3v) is 3.87. The summed E-state index contributed by atoms with van der Waals surface area (Å²) in [6.45, 7) is 4.17. The second-order valence-electron chi connectivity index (χ2n) is 4.49. The van der Waals surface area contributed by atoms with E-state index in [2.05, 4.69) is 49.4 Å². The summed E-state index contributed by atoms with van der Waals surface area (Å²) in [4.78, 5) is 5.70. The van der Waals surface area contributed by atoms with E-state index in [1.807, 2.05) is 18.2 Å². The van der Waals surface area contributed by atoms with Gasteiger partial charge in [-0.2, -0.15) is 0 Å². The Morgan fingerprint density at radius 3 is 2.26 bits per heavy atom. The number of nitrogens with two attached hydrogens (primary N) is 1. The van der Waals surface area contributed by atoms with E-state index >= 15 is 0 Å². The zero-order valence-electron chi connectivity index (χ0n) is 11.5. The topological polar surface area (TPSA) is 38.4 Å². The van der Waals surface area contributed by atoms with Crippen LogP contribution in [0.3, 0.4) is 0 Å². The van der Waals surface area contributed by atoms with Crippen molar-refractivity contribution >= 4 is 23.3 Å². The molecule has 0 fully saturated rings. The van der Waals surface area contributed by atoms with Crippen LogP contribution in [0.4, 0.5) is 5.69 Å². The van der Waals surface area contributed by atoms with E-state index in [1.165, 1.54) is 16.0 Å². The molecule has 19 heavy (non-hydrogen) atoms. The summed E-state index contributed by atoms with van der Waals surface area (Å²) >= 11 is 1.72. The lowest BCUT2D eigenvalue weighted by molar-refractivity contribution is 1.32. The molecule has 3 heteroatoms. The van der Waals surface area contributed by atoms with Crippen molar-refractivity contribution in [1.29, 1.82) is 0 Å². The highest BCUT2D eigenvalue weighted by molar-refractivity contribution is 7.98. The number of nitrogens with zero attached hydrogens (tertiary/aromatic N) is 1. The van der Waals surface area contributed by atoms with Gasteiger partial charge in [-0.15, -0.1) is 11.8 Å². The fourth-order valence-corrected chi connectivity index (χ4v) is 2.17. The van der Waals surface area contributed by atoms with Crippen molar-refractivity contribution in [2.75, 3.05) is 6.26 Å². The van der Waals surface area contributed by atoms with Crippen LogP contribution in [-0.2, 0) is 0 Å². The van der Waals surface area contributed by atoms with Gasteiger partial charge in [-0.3, -0.25) is 0 Å². The van der Waals surface area contributed by atoms with Gasteiger partial charge in [0.2, 0.25) is 0 Å². The first-order valence-electron chi connectivity index (χ1n) is 6.16. The maximum absolute atomic E-state index is 6.05. The van der Waals surface area contributed by atoms with Gasteiger partial charge in [-0.05, 0) is 55.5 Å². The smallest absolute Gasteiger partial charge is 0.131 e. The molecule has 0 aliphatic heterocycles. The van der Waals surface area contributed by atoms with Crippen LogP contribution in [0.2, 0.25) is 0 Å². The van der Waals surface area contributed by atoms with Crippen molar-refractivity contribution in [3.63, 3.8) is 0 Å². The molecule has 0 heterocycles. The number of benzene rings is 2. The number of aliphatic imine (C=N–C) groups is 1. The molecule has 2 rings (SSSR count). The molecule has 0 unspecified atom stereocenters. The summed E-state index contributed by atoms with van der Waals surface area (Å²) < 4.78 is 0. The summed E-state index contributed by atoms with van der Waals surface area (Å²) in [6.07, 6.45) is 2.06. The predicted molar refractivity (Wildman–Crippen MR) is 84.5 cm³/mol. The minimum absolute atomic E-state index is 0.552. The molecule has 0 radical (unpaired) electrons.